The van der Waals surface area contributed by atoms with Crippen LogP contribution in [0.3, 0.4) is 0 Å². The van der Waals surface area contributed by atoms with Crippen LogP contribution < -0.4 is 10.6 Å². The van der Waals surface area contributed by atoms with E-state index in [1.54, 1.807) is 0 Å². The van der Waals surface area contributed by atoms with Gasteiger partial charge in [0.2, 0.25) is 5.91 Å². The van der Waals surface area contributed by atoms with Crippen LogP contribution in [-0.2, 0) is 19.0 Å². The molecule has 6 nitrogen and oxygen atoms in total. The highest BCUT2D eigenvalue weighted by atomic mass is 16.7. The van der Waals surface area contributed by atoms with Gasteiger partial charge in [0, 0.05) is 13.1 Å². The molecule has 2 N–H and O–H groups in total. The van der Waals surface area contributed by atoms with Crippen molar-refractivity contribution in [2.45, 2.75) is 31.8 Å². The molecule has 2 aliphatic heterocycles. The molecule has 2 fully saturated rings. The first kappa shape index (κ1) is 12.8. The standard InChI is InChI=1S/C11H20N2O4/c1-11(2)16-6-8(17-11)5-13-10(14)9-7-15-4-3-12-9/h8-9,12H,3-7H2,1-2H3,(H,13,14). The molecule has 1 amide bonds. The summed E-state index contributed by atoms with van der Waals surface area (Å²) in [5.74, 6) is -0.584. The van der Waals surface area contributed by atoms with Crippen molar-refractivity contribution >= 4 is 5.91 Å². The Balaban J connectivity index is 1.69. The highest BCUT2D eigenvalue weighted by Crippen LogP contribution is 2.21. The monoisotopic (exact) mass is 244 g/mol. The van der Waals surface area contributed by atoms with Gasteiger partial charge in [0.1, 0.15) is 12.1 Å². The summed E-state index contributed by atoms with van der Waals surface area (Å²) in [7, 11) is 0. The molecular formula is C11H20N2O4. The Labute approximate surface area is 101 Å². The molecule has 0 spiro atoms. The van der Waals surface area contributed by atoms with Gasteiger partial charge in [-0.2, -0.15) is 0 Å². The maximum absolute atomic E-state index is 11.8. The lowest BCUT2D eigenvalue weighted by Gasteiger charge is -2.23. The van der Waals surface area contributed by atoms with Crippen molar-refractivity contribution in [3.05, 3.63) is 0 Å². The molecule has 17 heavy (non-hydrogen) atoms. The minimum atomic E-state index is -0.540. The number of morpholine rings is 1. The van der Waals surface area contributed by atoms with Crippen LogP contribution in [0.1, 0.15) is 13.8 Å². The van der Waals surface area contributed by atoms with Crippen molar-refractivity contribution in [1.29, 1.82) is 0 Å². The number of amides is 1. The molecular weight excluding hydrogens is 224 g/mol. The van der Waals surface area contributed by atoms with E-state index in [0.717, 1.165) is 0 Å². The molecule has 0 saturated carbocycles. The van der Waals surface area contributed by atoms with Crippen molar-refractivity contribution in [1.82, 2.24) is 10.6 Å². The minimum absolute atomic E-state index is 0.0435. The zero-order chi connectivity index (χ0) is 12.3. The summed E-state index contributed by atoms with van der Waals surface area (Å²) in [6.07, 6.45) is -0.0709. The number of hydrogen-bond donors (Lipinski definition) is 2. The lowest BCUT2D eigenvalue weighted by molar-refractivity contribution is -0.140. The predicted octanol–water partition coefficient (Wildman–Crippen LogP) is -0.757. The van der Waals surface area contributed by atoms with E-state index < -0.39 is 5.79 Å². The van der Waals surface area contributed by atoms with E-state index in [4.69, 9.17) is 14.2 Å². The Kier molecular flexibility index (Phi) is 3.98. The number of ether oxygens (including phenoxy) is 3. The first-order chi connectivity index (χ1) is 8.07. The van der Waals surface area contributed by atoms with Crippen molar-refractivity contribution < 1.29 is 19.0 Å². The third-order valence-electron chi connectivity index (χ3n) is 2.81. The Morgan fingerprint density at radius 3 is 2.88 bits per heavy atom. The van der Waals surface area contributed by atoms with Crippen LogP contribution in [0.15, 0.2) is 0 Å². The smallest absolute Gasteiger partial charge is 0.239 e. The SMILES string of the molecule is CC1(C)OCC(CNC(=O)C2COCCN2)O1. The maximum atomic E-state index is 11.8. The normalized spacial score (nSPS) is 32.4. The molecule has 6 heteroatoms. The van der Waals surface area contributed by atoms with Crippen molar-refractivity contribution in [2.24, 2.45) is 0 Å². The van der Waals surface area contributed by atoms with Gasteiger partial charge in [-0.1, -0.05) is 0 Å². The molecule has 0 aliphatic carbocycles. The van der Waals surface area contributed by atoms with Gasteiger partial charge in [-0.15, -0.1) is 0 Å². The van der Waals surface area contributed by atoms with Gasteiger partial charge in [-0.25, -0.2) is 0 Å². The van der Waals surface area contributed by atoms with E-state index in [-0.39, 0.29) is 18.1 Å². The quantitative estimate of drug-likeness (QED) is 0.683. The summed E-state index contributed by atoms with van der Waals surface area (Å²) >= 11 is 0. The molecule has 98 valence electrons. The van der Waals surface area contributed by atoms with Crippen LogP contribution in [0.4, 0.5) is 0 Å². The van der Waals surface area contributed by atoms with E-state index in [2.05, 4.69) is 10.6 Å². The average molecular weight is 244 g/mol. The molecule has 0 aromatic heterocycles. The second kappa shape index (κ2) is 5.30. The van der Waals surface area contributed by atoms with Gasteiger partial charge in [-0.05, 0) is 13.8 Å². The summed E-state index contributed by atoms with van der Waals surface area (Å²) in [6, 6.07) is -0.251. The van der Waals surface area contributed by atoms with Crippen LogP contribution in [0, 0.1) is 0 Å². The third kappa shape index (κ3) is 3.64. The van der Waals surface area contributed by atoms with Gasteiger partial charge in [0.15, 0.2) is 5.79 Å². The minimum Gasteiger partial charge on any atom is -0.378 e. The number of nitrogens with one attached hydrogen (secondary N) is 2. The van der Waals surface area contributed by atoms with Crippen LogP contribution in [-0.4, -0.2) is 56.8 Å². The highest BCUT2D eigenvalue weighted by molar-refractivity contribution is 5.82. The van der Waals surface area contributed by atoms with Crippen molar-refractivity contribution in [3.8, 4) is 0 Å². The Bertz CT molecular complexity index is 277. The largest absolute Gasteiger partial charge is 0.378 e. The Hall–Kier alpha value is -0.690. The molecule has 2 saturated heterocycles. The molecule has 2 unspecified atom stereocenters. The fourth-order valence-corrected chi connectivity index (χ4v) is 1.94. The van der Waals surface area contributed by atoms with Gasteiger partial charge < -0.3 is 24.8 Å². The second-order valence-corrected chi connectivity index (χ2v) is 4.78. The van der Waals surface area contributed by atoms with Crippen LogP contribution in [0.25, 0.3) is 0 Å². The van der Waals surface area contributed by atoms with E-state index in [1.165, 1.54) is 0 Å². The van der Waals surface area contributed by atoms with E-state index in [1.807, 2.05) is 13.8 Å². The summed E-state index contributed by atoms with van der Waals surface area (Å²) in [5.41, 5.74) is 0. The Morgan fingerprint density at radius 2 is 2.29 bits per heavy atom. The molecule has 0 radical (unpaired) electrons. The lowest BCUT2D eigenvalue weighted by Crippen LogP contribution is -2.52. The molecule has 2 heterocycles. The van der Waals surface area contributed by atoms with Crippen molar-refractivity contribution in [2.75, 3.05) is 32.9 Å². The fourth-order valence-electron chi connectivity index (χ4n) is 1.94. The number of rotatable bonds is 3. The molecule has 0 aromatic rings. The van der Waals surface area contributed by atoms with Crippen LogP contribution >= 0.6 is 0 Å². The number of carbonyl (C=O) groups excluding carboxylic acids is 1. The van der Waals surface area contributed by atoms with E-state index >= 15 is 0 Å². The second-order valence-electron chi connectivity index (χ2n) is 4.78. The zero-order valence-corrected chi connectivity index (χ0v) is 10.3. The van der Waals surface area contributed by atoms with Crippen molar-refractivity contribution in [3.63, 3.8) is 0 Å². The van der Waals surface area contributed by atoms with E-state index in [9.17, 15) is 4.79 Å². The molecule has 0 aromatic carbocycles. The zero-order valence-electron chi connectivity index (χ0n) is 10.3. The van der Waals surface area contributed by atoms with Gasteiger partial charge in [0.25, 0.3) is 0 Å². The third-order valence-corrected chi connectivity index (χ3v) is 2.81. The van der Waals surface area contributed by atoms with Gasteiger partial charge >= 0.3 is 0 Å². The van der Waals surface area contributed by atoms with Gasteiger partial charge in [0.05, 0.1) is 19.8 Å². The summed E-state index contributed by atoms with van der Waals surface area (Å²) < 4.78 is 16.2. The molecule has 2 rings (SSSR count). The number of carbonyl (C=O) groups is 1. The first-order valence-electron chi connectivity index (χ1n) is 5.97. The molecule has 0 bridgehead atoms. The van der Waals surface area contributed by atoms with Gasteiger partial charge in [-0.3, -0.25) is 4.79 Å². The number of hydrogen-bond acceptors (Lipinski definition) is 5. The summed E-state index contributed by atoms with van der Waals surface area (Å²) in [4.78, 5) is 11.8. The topological polar surface area (TPSA) is 68.8 Å². The molecule has 2 atom stereocenters. The maximum Gasteiger partial charge on any atom is 0.239 e. The highest BCUT2D eigenvalue weighted by Gasteiger charge is 2.33. The fraction of sp³-hybridized carbons (Fsp3) is 0.909. The lowest BCUT2D eigenvalue weighted by atomic mass is 10.2. The summed E-state index contributed by atoms with van der Waals surface area (Å²) in [5, 5.41) is 5.95. The van der Waals surface area contributed by atoms with Crippen LogP contribution in [0.5, 0.6) is 0 Å². The average Bonchev–Trinajstić information content (AvgIpc) is 2.67. The molecule has 2 aliphatic rings. The van der Waals surface area contributed by atoms with Crippen LogP contribution in [0.2, 0.25) is 0 Å². The predicted molar refractivity (Wildman–Crippen MR) is 60.5 cm³/mol. The first-order valence-corrected chi connectivity index (χ1v) is 5.97. The Morgan fingerprint density at radius 1 is 1.47 bits per heavy atom. The van der Waals surface area contributed by atoms with E-state index in [0.29, 0.717) is 32.9 Å². The summed E-state index contributed by atoms with van der Waals surface area (Å²) in [6.45, 7) is 6.53.